The van der Waals surface area contributed by atoms with E-state index in [1.165, 1.54) is 0 Å². The van der Waals surface area contributed by atoms with Crippen molar-refractivity contribution in [3.8, 4) is 17.2 Å². The fourth-order valence-electron chi connectivity index (χ4n) is 1.79. The van der Waals surface area contributed by atoms with Gasteiger partial charge in [0.1, 0.15) is 6.04 Å². The van der Waals surface area contributed by atoms with E-state index in [2.05, 4.69) is 28.1 Å². The second-order valence-electron chi connectivity index (χ2n) is 5.25. The fraction of sp³-hybridized carbons (Fsp3) is 0.571. The van der Waals surface area contributed by atoms with E-state index in [0.29, 0.717) is 23.3 Å². The van der Waals surface area contributed by atoms with E-state index in [0.717, 1.165) is 10.0 Å². The predicted molar refractivity (Wildman–Crippen MR) is 72.5 cm³/mol. The van der Waals surface area contributed by atoms with Gasteiger partial charge in [0.2, 0.25) is 5.75 Å². The van der Waals surface area contributed by atoms with Gasteiger partial charge in [0.25, 0.3) is 0 Å². The number of nitrogens with zero attached hydrogens (tertiary/aromatic N) is 1. The quantitative estimate of drug-likeness (QED) is 0.508. The summed E-state index contributed by atoms with van der Waals surface area (Å²) in [6.45, 7) is 2.18. The van der Waals surface area contributed by atoms with Crippen LogP contribution >= 0.6 is 0 Å². The van der Waals surface area contributed by atoms with Crippen molar-refractivity contribution in [1.82, 2.24) is 0 Å². The van der Waals surface area contributed by atoms with Crippen LogP contribution in [0.25, 0.3) is 0 Å². The smallest absolute Gasteiger partial charge is 0.203 e. The molecule has 0 aliphatic carbocycles. The van der Waals surface area contributed by atoms with Gasteiger partial charge in [0.15, 0.2) is 11.5 Å². The van der Waals surface area contributed by atoms with E-state index >= 15 is 0 Å². The van der Waals surface area contributed by atoms with Crippen LogP contribution in [-0.4, -0.2) is 47.0 Å². The van der Waals surface area contributed by atoms with Gasteiger partial charge >= 0.3 is 0 Å². The highest BCUT2D eigenvalue weighted by molar-refractivity contribution is 5.54. The van der Waals surface area contributed by atoms with Crippen LogP contribution in [-0.2, 0) is 0 Å². The molecule has 0 radical (unpaired) electrons. The molecule has 4 nitrogen and oxygen atoms in total. The van der Waals surface area contributed by atoms with Crippen LogP contribution in [0.1, 0.15) is 18.5 Å². The third kappa shape index (κ3) is 4.14. The molecular formula is C14H24INO3. The van der Waals surface area contributed by atoms with Crippen LogP contribution < -0.4 is 38.2 Å². The van der Waals surface area contributed by atoms with Crippen molar-refractivity contribution in [3.05, 3.63) is 17.7 Å². The number of rotatable bonds is 5. The molecule has 1 aromatic carbocycles. The van der Waals surface area contributed by atoms with Crippen LogP contribution in [0.3, 0.4) is 0 Å². The zero-order valence-corrected chi connectivity index (χ0v) is 14.9. The molecule has 0 aliphatic heterocycles. The number of methoxy groups -OCH3 is 3. The first-order valence-electron chi connectivity index (χ1n) is 5.96. The molecule has 0 heterocycles. The van der Waals surface area contributed by atoms with Crippen LogP contribution in [0.4, 0.5) is 0 Å². The third-order valence-electron chi connectivity index (χ3n) is 3.33. The minimum atomic E-state index is 0. The lowest BCUT2D eigenvalue weighted by atomic mass is 10.0. The molecular weight excluding hydrogens is 357 g/mol. The Morgan fingerprint density at radius 1 is 0.895 bits per heavy atom. The Morgan fingerprint density at radius 3 is 1.58 bits per heavy atom. The Balaban J connectivity index is 0.00000324. The standard InChI is InChI=1S/C14H24NO3.HI/c1-10(15(2,3)4)11-8-12(16-5)14(18-7)13(9-11)17-6;/h8-10H,1-7H3;1H/q+1;/p-1. The Morgan fingerprint density at radius 2 is 1.32 bits per heavy atom. The number of halogens is 1. The largest absolute Gasteiger partial charge is 1.00 e. The second kappa shape index (κ2) is 7.19. The summed E-state index contributed by atoms with van der Waals surface area (Å²) in [5, 5.41) is 0. The number of hydrogen-bond donors (Lipinski definition) is 0. The molecule has 5 heteroatoms. The summed E-state index contributed by atoms with van der Waals surface area (Å²) in [6.07, 6.45) is 0. The molecule has 0 N–H and O–H groups in total. The lowest BCUT2D eigenvalue weighted by Gasteiger charge is -2.32. The van der Waals surface area contributed by atoms with Gasteiger partial charge in [-0.25, -0.2) is 0 Å². The molecule has 0 aromatic heterocycles. The maximum atomic E-state index is 5.37. The SMILES string of the molecule is COc1cc(C(C)[N+](C)(C)C)cc(OC)c1OC.[I-]. The molecule has 1 atom stereocenters. The molecule has 1 rings (SSSR count). The first kappa shape index (κ1) is 18.3. The highest BCUT2D eigenvalue weighted by Crippen LogP contribution is 2.40. The van der Waals surface area contributed by atoms with Gasteiger partial charge in [0, 0.05) is 5.56 Å². The molecule has 19 heavy (non-hydrogen) atoms. The van der Waals surface area contributed by atoms with E-state index in [1.54, 1.807) is 21.3 Å². The number of ether oxygens (including phenoxy) is 3. The minimum Gasteiger partial charge on any atom is -1.00 e. The highest BCUT2D eigenvalue weighted by atomic mass is 127. The van der Waals surface area contributed by atoms with Gasteiger partial charge in [0.05, 0.1) is 42.5 Å². The lowest BCUT2D eigenvalue weighted by Crippen LogP contribution is -3.00. The first-order chi connectivity index (χ1) is 8.35. The topological polar surface area (TPSA) is 27.7 Å². The molecule has 1 aromatic rings. The van der Waals surface area contributed by atoms with Gasteiger partial charge in [-0.15, -0.1) is 0 Å². The average molecular weight is 381 g/mol. The summed E-state index contributed by atoms with van der Waals surface area (Å²) in [4.78, 5) is 0. The van der Waals surface area contributed by atoms with Gasteiger partial charge < -0.3 is 42.7 Å². The van der Waals surface area contributed by atoms with E-state index < -0.39 is 0 Å². The Hall–Kier alpha value is -0.690. The first-order valence-corrected chi connectivity index (χ1v) is 5.96. The molecule has 110 valence electrons. The molecule has 0 spiro atoms. The third-order valence-corrected chi connectivity index (χ3v) is 3.33. The molecule has 0 saturated carbocycles. The van der Waals surface area contributed by atoms with Gasteiger partial charge in [-0.05, 0) is 19.1 Å². The van der Waals surface area contributed by atoms with Crippen molar-refractivity contribution in [2.45, 2.75) is 13.0 Å². The van der Waals surface area contributed by atoms with E-state index in [-0.39, 0.29) is 24.0 Å². The lowest BCUT2D eigenvalue weighted by molar-refractivity contribution is -0.900. The number of quaternary nitrogens is 1. The Bertz CT molecular complexity index is 391. The van der Waals surface area contributed by atoms with Gasteiger partial charge in [-0.2, -0.15) is 0 Å². The number of benzene rings is 1. The van der Waals surface area contributed by atoms with Crippen molar-refractivity contribution >= 4 is 0 Å². The normalized spacial score (nSPS) is 12.4. The maximum absolute atomic E-state index is 5.37. The zero-order chi connectivity index (χ0) is 13.9. The fourth-order valence-corrected chi connectivity index (χ4v) is 1.79. The van der Waals surface area contributed by atoms with Crippen LogP contribution in [0, 0.1) is 0 Å². The van der Waals surface area contributed by atoms with Gasteiger partial charge in [-0.3, -0.25) is 0 Å². The van der Waals surface area contributed by atoms with Crippen LogP contribution in [0.2, 0.25) is 0 Å². The Kier molecular flexibility index (Phi) is 6.93. The monoisotopic (exact) mass is 381 g/mol. The summed E-state index contributed by atoms with van der Waals surface area (Å²) in [6, 6.07) is 4.35. The zero-order valence-electron chi connectivity index (χ0n) is 12.8. The molecule has 0 fully saturated rings. The van der Waals surface area contributed by atoms with Crippen molar-refractivity contribution in [3.63, 3.8) is 0 Å². The van der Waals surface area contributed by atoms with Crippen molar-refractivity contribution in [2.75, 3.05) is 42.5 Å². The van der Waals surface area contributed by atoms with Crippen molar-refractivity contribution in [2.24, 2.45) is 0 Å². The van der Waals surface area contributed by atoms with Crippen LogP contribution in [0.5, 0.6) is 17.2 Å². The summed E-state index contributed by atoms with van der Waals surface area (Å²) >= 11 is 0. The van der Waals surface area contributed by atoms with Crippen molar-refractivity contribution in [1.29, 1.82) is 0 Å². The molecule has 1 unspecified atom stereocenters. The van der Waals surface area contributed by atoms with Crippen molar-refractivity contribution < 1.29 is 42.7 Å². The molecule has 0 saturated heterocycles. The summed E-state index contributed by atoms with van der Waals surface area (Å²) < 4.78 is 16.9. The molecule has 0 amide bonds. The van der Waals surface area contributed by atoms with Gasteiger partial charge in [-0.1, -0.05) is 0 Å². The Labute approximate surface area is 133 Å². The van der Waals surface area contributed by atoms with E-state index in [4.69, 9.17) is 14.2 Å². The summed E-state index contributed by atoms with van der Waals surface area (Å²) in [5.41, 5.74) is 1.16. The predicted octanol–water partition coefficient (Wildman–Crippen LogP) is -0.516. The molecule has 0 bridgehead atoms. The average Bonchev–Trinajstić information content (AvgIpc) is 2.34. The summed E-state index contributed by atoms with van der Waals surface area (Å²) in [7, 11) is 11.4. The van der Waals surface area contributed by atoms with E-state index in [9.17, 15) is 0 Å². The van der Waals surface area contributed by atoms with E-state index in [1.807, 2.05) is 12.1 Å². The second-order valence-corrected chi connectivity index (χ2v) is 5.25. The number of hydrogen-bond acceptors (Lipinski definition) is 3. The molecule has 0 aliphatic rings. The minimum absolute atomic E-state index is 0. The summed E-state index contributed by atoms with van der Waals surface area (Å²) in [5.74, 6) is 2.04. The van der Waals surface area contributed by atoms with Crippen LogP contribution in [0.15, 0.2) is 12.1 Å². The highest BCUT2D eigenvalue weighted by Gasteiger charge is 2.24. The maximum Gasteiger partial charge on any atom is 0.203 e.